The highest BCUT2D eigenvalue weighted by Gasteiger charge is 2.46. The zero-order chi connectivity index (χ0) is 25.5. The zero-order valence-electron chi connectivity index (χ0n) is 17.5. The van der Waals surface area contributed by atoms with Crippen LogP contribution in [0.2, 0.25) is 0 Å². The molecule has 0 spiro atoms. The van der Waals surface area contributed by atoms with Crippen LogP contribution in [0.5, 0.6) is 5.88 Å². The first-order valence-electron chi connectivity index (χ1n) is 9.27. The van der Waals surface area contributed by atoms with Gasteiger partial charge in [0.25, 0.3) is 20.0 Å². The fourth-order valence-electron chi connectivity index (χ4n) is 2.96. The highest BCUT2D eigenvalue weighted by molar-refractivity contribution is 7.92. The number of alkyl halides is 3. The number of hydrogen-bond donors (Lipinski definition) is 3. The zero-order valence-corrected chi connectivity index (χ0v) is 19.2. The molecule has 0 aliphatic rings. The number of sulfone groups is 1. The third-order valence-corrected chi connectivity index (χ3v) is 7.26. The van der Waals surface area contributed by atoms with Gasteiger partial charge in [-0.3, -0.25) is 9.29 Å². The van der Waals surface area contributed by atoms with E-state index in [0.717, 1.165) is 21.3 Å². The van der Waals surface area contributed by atoms with E-state index in [-0.39, 0.29) is 23.7 Å². The quantitative estimate of drug-likeness (QED) is 0.423. The van der Waals surface area contributed by atoms with Crippen LogP contribution in [-0.2, 0) is 26.6 Å². The molecule has 0 aliphatic heterocycles. The number of halogens is 3. The largest absolute Gasteiger partial charge is 0.501 e. The van der Waals surface area contributed by atoms with E-state index in [1.165, 1.54) is 32.3 Å². The summed E-state index contributed by atoms with van der Waals surface area (Å²) in [6, 6.07) is 6.15. The molecular weight excluding hydrogens is 503 g/mol. The number of pyridine rings is 1. The second-order valence-corrected chi connectivity index (χ2v) is 10.5. The van der Waals surface area contributed by atoms with Crippen LogP contribution >= 0.6 is 0 Å². The minimum atomic E-state index is -5.57. The second-order valence-electron chi connectivity index (χ2n) is 6.92. The van der Waals surface area contributed by atoms with Crippen LogP contribution in [0.15, 0.2) is 52.3 Å². The van der Waals surface area contributed by atoms with Gasteiger partial charge in [0, 0.05) is 13.2 Å². The average Bonchev–Trinajstić information content (AvgIpc) is 2.96. The molecule has 0 saturated heterocycles. The van der Waals surface area contributed by atoms with Crippen LogP contribution in [0.4, 0.5) is 19.0 Å². The Kier molecular flexibility index (Phi) is 6.51. The Morgan fingerprint density at radius 3 is 2.26 bits per heavy atom. The Morgan fingerprint density at radius 1 is 1.09 bits per heavy atom. The lowest BCUT2D eigenvalue weighted by molar-refractivity contribution is -0.0436. The minimum absolute atomic E-state index is 0.0253. The molecule has 2 heterocycles. The summed E-state index contributed by atoms with van der Waals surface area (Å²) in [4.78, 5) is 15.8. The molecular formula is C18H18F3N5O6S2. The van der Waals surface area contributed by atoms with Gasteiger partial charge >= 0.3 is 11.2 Å². The highest BCUT2D eigenvalue weighted by atomic mass is 32.2. The Morgan fingerprint density at radius 2 is 1.71 bits per heavy atom. The number of rotatable bonds is 7. The van der Waals surface area contributed by atoms with Gasteiger partial charge in [0.15, 0.2) is 0 Å². The van der Waals surface area contributed by atoms with Crippen LogP contribution < -0.4 is 15.1 Å². The number of nitrogens with zero attached hydrogens (tertiary/aromatic N) is 3. The number of benzene rings is 1. The summed E-state index contributed by atoms with van der Waals surface area (Å²) in [6.45, 7) is 1.31. The Balaban J connectivity index is 1.97. The molecule has 0 bridgehead atoms. The van der Waals surface area contributed by atoms with Crippen molar-refractivity contribution in [3.63, 3.8) is 0 Å². The maximum absolute atomic E-state index is 12.9. The predicted octanol–water partition coefficient (Wildman–Crippen LogP) is 1.27. The van der Waals surface area contributed by atoms with E-state index in [9.17, 15) is 39.9 Å². The summed E-state index contributed by atoms with van der Waals surface area (Å²) < 4.78 is 90.7. The molecule has 0 unspecified atom stereocenters. The summed E-state index contributed by atoms with van der Waals surface area (Å²) in [5.74, 6) is -0.538. The van der Waals surface area contributed by atoms with E-state index < -0.39 is 42.0 Å². The maximum Gasteiger partial charge on any atom is 0.501 e. The van der Waals surface area contributed by atoms with Crippen molar-refractivity contribution in [2.24, 2.45) is 0 Å². The van der Waals surface area contributed by atoms with Crippen LogP contribution in [0.3, 0.4) is 0 Å². The fourth-order valence-corrected chi connectivity index (χ4v) is 4.21. The van der Waals surface area contributed by atoms with Crippen molar-refractivity contribution in [1.82, 2.24) is 18.8 Å². The lowest BCUT2D eigenvalue weighted by Crippen LogP contribution is -2.27. The molecule has 34 heavy (non-hydrogen) atoms. The highest BCUT2D eigenvalue weighted by Crippen LogP contribution is 2.31. The number of aromatic hydroxyl groups is 1. The van der Waals surface area contributed by atoms with E-state index >= 15 is 0 Å². The molecule has 16 heteroatoms. The van der Waals surface area contributed by atoms with Crippen molar-refractivity contribution in [3.05, 3.63) is 64.3 Å². The molecule has 0 atom stereocenters. The van der Waals surface area contributed by atoms with Crippen molar-refractivity contribution < 1.29 is 35.1 Å². The van der Waals surface area contributed by atoms with E-state index in [4.69, 9.17) is 0 Å². The van der Waals surface area contributed by atoms with Crippen LogP contribution in [-0.4, -0.2) is 48.6 Å². The summed E-state index contributed by atoms with van der Waals surface area (Å²) in [6.07, 6.45) is 1.31. The summed E-state index contributed by atoms with van der Waals surface area (Å²) in [7, 11) is -8.20. The molecule has 1 aromatic carbocycles. The number of anilines is 1. The van der Waals surface area contributed by atoms with E-state index in [2.05, 4.69) is 14.4 Å². The van der Waals surface area contributed by atoms with E-state index in [0.29, 0.717) is 17.7 Å². The van der Waals surface area contributed by atoms with E-state index in [1.807, 2.05) is 0 Å². The van der Waals surface area contributed by atoms with Gasteiger partial charge in [-0.25, -0.2) is 27.5 Å². The smallest absolute Gasteiger partial charge is 0.493 e. The molecule has 0 radical (unpaired) electrons. The molecule has 184 valence electrons. The molecule has 3 aromatic rings. The Hall–Kier alpha value is -3.37. The lowest BCUT2D eigenvalue weighted by Gasteiger charge is -2.09. The van der Waals surface area contributed by atoms with Crippen molar-refractivity contribution in [2.75, 3.05) is 11.8 Å². The van der Waals surface area contributed by atoms with Crippen LogP contribution in [0.25, 0.3) is 5.69 Å². The average molecular weight is 521 g/mol. The topological polar surface area (TPSA) is 152 Å². The van der Waals surface area contributed by atoms with Gasteiger partial charge in [-0.1, -0.05) is 0 Å². The third-order valence-electron chi connectivity index (χ3n) is 4.75. The molecule has 0 aliphatic carbocycles. The van der Waals surface area contributed by atoms with Crippen LogP contribution in [0.1, 0.15) is 11.3 Å². The lowest BCUT2D eigenvalue weighted by atomic mass is 10.2. The fraction of sp³-hybridized carbons (Fsp3) is 0.222. The molecule has 11 nitrogen and oxygen atoms in total. The number of imidazole rings is 1. The summed E-state index contributed by atoms with van der Waals surface area (Å²) in [5, 5.41) is 10.5. The SMILES string of the molecule is CNS(=O)(=O)Nc1cc(Cn2c(C)c(O)n(-c3ccc(S(=O)(=O)C(F)(F)F)cc3)c2=O)ccn1. The van der Waals surface area contributed by atoms with Gasteiger partial charge in [0.1, 0.15) is 5.82 Å². The first kappa shape index (κ1) is 25.3. The van der Waals surface area contributed by atoms with E-state index in [1.54, 1.807) is 0 Å². The Labute approximate surface area is 191 Å². The third kappa shape index (κ3) is 4.78. The summed E-state index contributed by atoms with van der Waals surface area (Å²) in [5.41, 5.74) is -5.78. The monoisotopic (exact) mass is 521 g/mol. The molecule has 3 N–H and O–H groups in total. The number of nitrogens with one attached hydrogen (secondary N) is 2. The first-order chi connectivity index (χ1) is 15.7. The van der Waals surface area contributed by atoms with Gasteiger partial charge in [-0.05, 0) is 48.9 Å². The van der Waals surface area contributed by atoms with Gasteiger partial charge in [0.05, 0.1) is 22.8 Å². The molecule has 0 amide bonds. The molecule has 3 rings (SSSR count). The predicted molar refractivity (Wildman–Crippen MR) is 115 cm³/mol. The van der Waals surface area contributed by atoms with Crippen molar-refractivity contribution in [1.29, 1.82) is 0 Å². The van der Waals surface area contributed by atoms with Gasteiger partial charge in [0.2, 0.25) is 5.88 Å². The van der Waals surface area contributed by atoms with Gasteiger partial charge in [-0.15, -0.1) is 0 Å². The van der Waals surface area contributed by atoms with Crippen molar-refractivity contribution in [2.45, 2.75) is 23.9 Å². The standard InChI is InChI=1S/C18H18F3N5O6S2/c1-11-16(27)26(13-3-5-14(6-4-13)33(29,30)18(19,20)21)17(28)25(11)10-12-7-8-23-15(9-12)24-34(31,32)22-2/h3-9,22,27H,10H2,1-2H3,(H,23,24). The van der Waals surface area contributed by atoms with Gasteiger partial charge < -0.3 is 5.11 Å². The van der Waals surface area contributed by atoms with Gasteiger partial charge in [-0.2, -0.15) is 21.6 Å². The molecule has 0 saturated carbocycles. The maximum atomic E-state index is 12.9. The summed E-state index contributed by atoms with van der Waals surface area (Å²) >= 11 is 0. The number of aromatic nitrogens is 3. The minimum Gasteiger partial charge on any atom is -0.493 e. The Bertz CT molecular complexity index is 1490. The first-order valence-corrected chi connectivity index (χ1v) is 12.2. The molecule has 0 fully saturated rings. The molecule has 2 aromatic heterocycles. The second kappa shape index (κ2) is 8.77. The normalized spacial score (nSPS) is 12.6. The van der Waals surface area contributed by atoms with Crippen molar-refractivity contribution >= 4 is 25.9 Å². The van der Waals surface area contributed by atoms with Crippen LogP contribution in [0, 0.1) is 6.92 Å². The van der Waals surface area contributed by atoms with Crippen molar-refractivity contribution in [3.8, 4) is 11.6 Å². The number of hydrogen-bond acceptors (Lipinski definition) is 7.